The van der Waals surface area contributed by atoms with Crippen LogP contribution < -0.4 is 0 Å². The van der Waals surface area contributed by atoms with Crippen molar-refractivity contribution in [3.63, 3.8) is 0 Å². The molecule has 0 aliphatic rings. The molecule has 6 nitrogen and oxygen atoms in total. The van der Waals surface area contributed by atoms with Gasteiger partial charge in [0, 0.05) is 5.56 Å². The van der Waals surface area contributed by atoms with Gasteiger partial charge in [0.05, 0.1) is 30.1 Å². The number of methoxy groups -OCH3 is 1. The Hall–Kier alpha value is -3.67. The van der Waals surface area contributed by atoms with Gasteiger partial charge >= 0.3 is 11.9 Å². The van der Waals surface area contributed by atoms with Crippen LogP contribution in [0.1, 0.15) is 37.6 Å². The average Bonchev–Trinajstić information content (AvgIpc) is 3.14. The van der Waals surface area contributed by atoms with E-state index in [-0.39, 0.29) is 5.56 Å². The van der Waals surface area contributed by atoms with Crippen molar-refractivity contribution in [2.75, 3.05) is 7.11 Å². The Kier molecular flexibility index (Phi) is 5.40. The lowest BCUT2D eigenvalue weighted by Crippen LogP contribution is -2.00. The Morgan fingerprint density at radius 2 is 1.71 bits per heavy atom. The zero-order valence-corrected chi connectivity index (χ0v) is 15.7. The van der Waals surface area contributed by atoms with Crippen LogP contribution in [0.5, 0.6) is 0 Å². The number of hydrogen-bond acceptors (Lipinski definition) is 5. The number of carboxylic acids is 1. The molecule has 2 aromatic carbocycles. The third-order valence-corrected chi connectivity index (χ3v) is 4.31. The maximum Gasteiger partial charge on any atom is 0.337 e. The summed E-state index contributed by atoms with van der Waals surface area (Å²) in [5, 5.41) is 9.07. The van der Waals surface area contributed by atoms with Gasteiger partial charge in [0.1, 0.15) is 11.5 Å². The molecule has 142 valence electrons. The molecular formula is C22H19NO5. The largest absolute Gasteiger partial charge is 0.478 e. The number of benzene rings is 2. The summed E-state index contributed by atoms with van der Waals surface area (Å²) >= 11 is 0. The SMILES string of the molecule is COC(=O)c1ccc(N=Cc2ccc(-c3ccc(C(=O)O)cc3C)o2)c(C)c1. The van der Waals surface area contributed by atoms with E-state index in [1.807, 2.05) is 19.9 Å². The van der Waals surface area contributed by atoms with E-state index in [0.717, 1.165) is 16.7 Å². The predicted octanol–water partition coefficient (Wildman–Crippen LogP) is 4.80. The highest BCUT2D eigenvalue weighted by Gasteiger charge is 2.11. The molecule has 0 fully saturated rings. The fourth-order valence-electron chi connectivity index (χ4n) is 2.82. The van der Waals surface area contributed by atoms with Crippen molar-refractivity contribution in [3.8, 4) is 11.3 Å². The molecule has 0 atom stereocenters. The summed E-state index contributed by atoms with van der Waals surface area (Å²) in [5.74, 6) is -0.157. The molecular weight excluding hydrogens is 358 g/mol. The minimum absolute atomic E-state index is 0.237. The molecule has 3 rings (SSSR count). The van der Waals surface area contributed by atoms with E-state index in [2.05, 4.69) is 4.99 Å². The van der Waals surface area contributed by atoms with Crippen LogP contribution in [-0.2, 0) is 4.74 Å². The van der Waals surface area contributed by atoms with Crippen LogP contribution in [0.4, 0.5) is 5.69 Å². The van der Waals surface area contributed by atoms with Crippen LogP contribution in [0.3, 0.4) is 0 Å². The van der Waals surface area contributed by atoms with Gasteiger partial charge in [-0.3, -0.25) is 4.99 Å². The molecule has 1 aromatic heterocycles. The van der Waals surface area contributed by atoms with Crippen LogP contribution in [-0.4, -0.2) is 30.4 Å². The minimum Gasteiger partial charge on any atom is -0.478 e. The molecule has 0 bridgehead atoms. The van der Waals surface area contributed by atoms with Gasteiger partial charge in [-0.05, 0) is 67.4 Å². The van der Waals surface area contributed by atoms with Gasteiger partial charge in [-0.25, -0.2) is 9.59 Å². The summed E-state index contributed by atoms with van der Waals surface area (Å²) in [6, 6.07) is 13.6. The number of aliphatic imine (C=N–C) groups is 1. The number of esters is 1. The first-order valence-electron chi connectivity index (χ1n) is 8.56. The Balaban J connectivity index is 1.81. The van der Waals surface area contributed by atoms with Gasteiger partial charge in [-0.1, -0.05) is 6.07 Å². The number of rotatable bonds is 5. The first kappa shape index (κ1) is 19.1. The van der Waals surface area contributed by atoms with Crippen molar-refractivity contribution in [1.29, 1.82) is 0 Å². The molecule has 6 heteroatoms. The second-order valence-electron chi connectivity index (χ2n) is 6.29. The van der Waals surface area contributed by atoms with Crippen LogP contribution in [0, 0.1) is 13.8 Å². The molecule has 0 spiro atoms. The van der Waals surface area contributed by atoms with Gasteiger partial charge in [0.15, 0.2) is 0 Å². The quantitative estimate of drug-likeness (QED) is 0.510. The fourth-order valence-corrected chi connectivity index (χ4v) is 2.82. The van der Waals surface area contributed by atoms with Crippen molar-refractivity contribution in [1.82, 2.24) is 0 Å². The molecule has 1 heterocycles. The molecule has 28 heavy (non-hydrogen) atoms. The normalized spacial score (nSPS) is 11.0. The van der Waals surface area contributed by atoms with Crippen LogP contribution >= 0.6 is 0 Å². The van der Waals surface area contributed by atoms with Crippen molar-refractivity contribution in [2.45, 2.75) is 13.8 Å². The van der Waals surface area contributed by atoms with Crippen LogP contribution in [0.2, 0.25) is 0 Å². The van der Waals surface area contributed by atoms with E-state index < -0.39 is 11.9 Å². The van der Waals surface area contributed by atoms with Gasteiger partial charge in [0.2, 0.25) is 0 Å². The third-order valence-electron chi connectivity index (χ3n) is 4.31. The smallest absolute Gasteiger partial charge is 0.337 e. The summed E-state index contributed by atoms with van der Waals surface area (Å²) < 4.78 is 10.5. The number of aromatic carboxylic acids is 1. The maximum absolute atomic E-state index is 11.6. The molecule has 0 saturated carbocycles. The van der Waals surface area contributed by atoms with Gasteiger partial charge in [-0.2, -0.15) is 0 Å². The summed E-state index contributed by atoms with van der Waals surface area (Å²) in [5.41, 5.74) is 3.90. The molecule has 0 aliphatic carbocycles. The van der Waals surface area contributed by atoms with Crippen LogP contribution in [0.15, 0.2) is 57.9 Å². The number of carbonyl (C=O) groups excluding carboxylic acids is 1. The van der Waals surface area contributed by atoms with Crippen molar-refractivity contribution < 1.29 is 23.8 Å². The second kappa shape index (κ2) is 7.92. The van der Waals surface area contributed by atoms with Gasteiger partial charge < -0.3 is 14.3 Å². The first-order chi connectivity index (χ1) is 13.4. The summed E-state index contributed by atoms with van der Waals surface area (Å²) in [4.78, 5) is 27.1. The highest BCUT2D eigenvalue weighted by atomic mass is 16.5. The number of hydrogen-bond donors (Lipinski definition) is 1. The number of ether oxygens (including phenoxy) is 1. The lowest BCUT2D eigenvalue weighted by atomic mass is 10.0. The lowest BCUT2D eigenvalue weighted by molar-refractivity contribution is 0.0599. The predicted molar refractivity (Wildman–Crippen MR) is 106 cm³/mol. The molecule has 0 unspecified atom stereocenters. The average molecular weight is 377 g/mol. The van der Waals surface area contributed by atoms with Gasteiger partial charge in [0.25, 0.3) is 0 Å². The van der Waals surface area contributed by atoms with Crippen molar-refractivity contribution in [2.24, 2.45) is 4.99 Å². The van der Waals surface area contributed by atoms with E-state index in [0.29, 0.717) is 22.8 Å². The van der Waals surface area contributed by atoms with Crippen LogP contribution in [0.25, 0.3) is 11.3 Å². The highest BCUT2D eigenvalue weighted by molar-refractivity contribution is 5.90. The molecule has 0 radical (unpaired) electrons. The molecule has 0 aliphatic heterocycles. The minimum atomic E-state index is -0.962. The Bertz CT molecular complexity index is 1080. The standard InChI is InChI=1S/C22H19NO5/c1-13-10-15(21(24)25)4-7-18(13)20-9-6-17(28-20)12-23-19-8-5-16(11-14(19)2)22(26)27-3/h4-12H,1-3H3,(H,24,25). The lowest BCUT2D eigenvalue weighted by Gasteiger charge is -2.04. The number of aryl methyl sites for hydroxylation is 2. The Morgan fingerprint density at radius 1 is 1.00 bits per heavy atom. The topological polar surface area (TPSA) is 89.1 Å². The monoisotopic (exact) mass is 377 g/mol. The third kappa shape index (κ3) is 4.01. The number of nitrogens with zero attached hydrogens (tertiary/aromatic N) is 1. The van der Waals surface area contributed by atoms with Crippen molar-refractivity contribution in [3.05, 3.63) is 76.5 Å². The van der Waals surface area contributed by atoms with Crippen molar-refractivity contribution >= 4 is 23.8 Å². The zero-order chi connectivity index (χ0) is 20.3. The van der Waals surface area contributed by atoms with E-state index in [1.165, 1.54) is 7.11 Å². The molecule has 0 saturated heterocycles. The summed E-state index contributed by atoms with van der Waals surface area (Å²) in [6.07, 6.45) is 1.60. The highest BCUT2D eigenvalue weighted by Crippen LogP contribution is 2.27. The van der Waals surface area contributed by atoms with Gasteiger partial charge in [-0.15, -0.1) is 0 Å². The Labute approximate surface area is 162 Å². The fraction of sp³-hybridized carbons (Fsp3) is 0.136. The van der Waals surface area contributed by atoms with E-state index in [9.17, 15) is 9.59 Å². The molecule has 0 amide bonds. The van der Waals surface area contributed by atoms with E-state index >= 15 is 0 Å². The maximum atomic E-state index is 11.6. The molecule has 1 N–H and O–H groups in total. The zero-order valence-electron chi connectivity index (χ0n) is 15.7. The van der Waals surface area contributed by atoms with E-state index in [1.54, 1.807) is 48.7 Å². The molecule has 3 aromatic rings. The number of furan rings is 1. The number of carboxylic acid groups (broad SMARTS) is 1. The Morgan fingerprint density at radius 3 is 2.36 bits per heavy atom. The van der Waals surface area contributed by atoms with E-state index in [4.69, 9.17) is 14.3 Å². The second-order valence-corrected chi connectivity index (χ2v) is 6.29. The first-order valence-corrected chi connectivity index (χ1v) is 8.56. The summed E-state index contributed by atoms with van der Waals surface area (Å²) in [7, 11) is 1.34. The number of carbonyl (C=O) groups is 2. The summed E-state index contributed by atoms with van der Waals surface area (Å²) in [6.45, 7) is 3.70.